The average Bonchev–Trinajstić information content (AvgIpc) is 3.16. The lowest BCUT2D eigenvalue weighted by Gasteiger charge is -2.18. The molecular formula is C20H26ClN3O5. The van der Waals surface area contributed by atoms with Gasteiger partial charge in [0.15, 0.2) is 11.5 Å². The molecule has 2 aromatic rings. The number of nitrogens with zero attached hydrogens (tertiary/aromatic N) is 2. The number of hydrogen-bond acceptors (Lipinski definition) is 6. The van der Waals surface area contributed by atoms with Crippen LogP contribution in [0.25, 0.3) is 0 Å². The molecule has 0 bridgehead atoms. The topological polar surface area (TPSA) is 93.8 Å². The van der Waals surface area contributed by atoms with Crippen molar-refractivity contribution in [1.82, 2.24) is 14.9 Å². The van der Waals surface area contributed by atoms with E-state index < -0.39 is 0 Å². The molecule has 1 aromatic carbocycles. The van der Waals surface area contributed by atoms with E-state index in [1.807, 2.05) is 4.90 Å². The van der Waals surface area contributed by atoms with Crippen molar-refractivity contribution in [3.63, 3.8) is 0 Å². The zero-order valence-electron chi connectivity index (χ0n) is 17.0. The lowest BCUT2D eigenvalue weighted by Crippen LogP contribution is -2.30. The normalized spacial score (nSPS) is 15.6. The van der Waals surface area contributed by atoms with Crippen LogP contribution < -0.4 is 19.8 Å². The molecule has 158 valence electrons. The van der Waals surface area contributed by atoms with Crippen LogP contribution in [0.3, 0.4) is 0 Å². The molecule has 1 saturated heterocycles. The summed E-state index contributed by atoms with van der Waals surface area (Å²) in [4.78, 5) is 33.4. The van der Waals surface area contributed by atoms with Gasteiger partial charge in [-0.2, -0.15) is 0 Å². The molecule has 1 aliphatic rings. The SMILES string of the molecule is COc1cc(CC(=O)N2CCC(c3cc(=O)[nH]c(C)n3)C2)cc(OC)c1OC.Cl. The summed E-state index contributed by atoms with van der Waals surface area (Å²) in [6, 6.07) is 5.09. The number of aromatic amines is 1. The molecule has 1 fully saturated rings. The van der Waals surface area contributed by atoms with Crippen LogP contribution in [0.5, 0.6) is 17.2 Å². The van der Waals surface area contributed by atoms with Crippen molar-refractivity contribution in [2.75, 3.05) is 34.4 Å². The molecule has 1 amide bonds. The number of ether oxygens (including phenoxy) is 3. The van der Waals surface area contributed by atoms with Crippen LogP contribution in [0.15, 0.2) is 23.0 Å². The van der Waals surface area contributed by atoms with Crippen molar-refractivity contribution in [2.24, 2.45) is 0 Å². The van der Waals surface area contributed by atoms with Crippen molar-refractivity contribution in [1.29, 1.82) is 0 Å². The average molecular weight is 424 g/mol. The molecule has 1 N–H and O–H groups in total. The Hall–Kier alpha value is -2.74. The van der Waals surface area contributed by atoms with Crippen LogP contribution in [0.4, 0.5) is 0 Å². The van der Waals surface area contributed by atoms with Crippen LogP contribution >= 0.6 is 12.4 Å². The first-order valence-corrected chi connectivity index (χ1v) is 9.09. The maximum atomic E-state index is 12.8. The minimum Gasteiger partial charge on any atom is -0.493 e. The van der Waals surface area contributed by atoms with Gasteiger partial charge >= 0.3 is 0 Å². The van der Waals surface area contributed by atoms with Gasteiger partial charge in [-0.15, -0.1) is 12.4 Å². The molecule has 1 aromatic heterocycles. The minimum absolute atomic E-state index is 0. The molecule has 1 unspecified atom stereocenters. The number of hydrogen-bond donors (Lipinski definition) is 1. The first kappa shape index (κ1) is 22.5. The van der Waals surface area contributed by atoms with Gasteiger partial charge in [-0.1, -0.05) is 0 Å². The Kier molecular flexibility index (Phi) is 7.50. The fraction of sp³-hybridized carbons (Fsp3) is 0.450. The van der Waals surface area contributed by atoms with E-state index in [4.69, 9.17) is 14.2 Å². The summed E-state index contributed by atoms with van der Waals surface area (Å²) >= 11 is 0. The molecule has 1 aliphatic heterocycles. The smallest absolute Gasteiger partial charge is 0.251 e. The number of aromatic nitrogens is 2. The zero-order valence-corrected chi connectivity index (χ0v) is 17.8. The van der Waals surface area contributed by atoms with E-state index in [-0.39, 0.29) is 36.2 Å². The summed E-state index contributed by atoms with van der Waals surface area (Å²) in [5, 5.41) is 0. The van der Waals surface area contributed by atoms with Crippen LogP contribution in [-0.4, -0.2) is 55.2 Å². The van der Waals surface area contributed by atoms with E-state index in [1.54, 1.807) is 40.4 Å². The number of nitrogens with one attached hydrogen (secondary N) is 1. The highest BCUT2D eigenvalue weighted by atomic mass is 35.5. The number of halogens is 1. The van der Waals surface area contributed by atoms with Crippen molar-refractivity contribution in [3.8, 4) is 17.2 Å². The highest BCUT2D eigenvalue weighted by Gasteiger charge is 2.29. The number of benzene rings is 1. The highest BCUT2D eigenvalue weighted by Crippen LogP contribution is 2.38. The first-order valence-electron chi connectivity index (χ1n) is 9.09. The van der Waals surface area contributed by atoms with E-state index >= 15 is 0 Å². The van der Waals surface area contributed by atoms with Crippen LogP contribution in [0.2, 0.25) is 0 Å². The monoisotopic (exact) mass is 423 g/mol. The van der Waals surface area contributed by atoms with Gasteiger partial charge in [0, 0.05) is 25.1 Å². The number of carbonyl (C=O) groups is 1. The number of amides is 1. The van der Waals surface area contributed by atoms with Crippen molar-refractivity contribution < 1.29 is 19.0 Å². The molecule has 0 radical (unpaired) electrons. The van der Waals surface area contributed by atoms with E-state index in [2.05, 4.69) is 9.97 Å². The summed E-state index contributed by atoms with van der Waals surface area (Å²) in [7, 11) is 4.63. The molecular weight excluding hydrogens is 398 g/mol. The number of methoxy groups -OCH3 is 3. The number of carbonyl (C=O) groups excluding carboxylic acids is 1. The third-order valence-electron chi connectivity index (χ3n) is 4.92. The Balaban J connectivity index is 0.00000300. The maximum Gasteiger partial charge on any atom is 0.251 e. The van der Waals surface area contributed by atoms with Crippen molar-refractivity contribution in [3.05, 3.63) is 45.6 Å². The third-order valence-corrected chi connectivity index (χ3v) is 4.92. The molecule has 29 heavy (non-hydrogen) atoms. The third kappa shape index (κ3) is 5.00. The second-order valence-electron chi connectivity index (χ2n) is 6.79. The standard InChI is InChI=1S/C20H25N3O5.ClH/c1-12-21-15(10-18(24)22-12)14-5-6-23(11-14)19(25)9-13-7-16(26-2)20(28-4)17(8-13)27-3;/h7-8,10,14H,5-6,9,11H2,1-4H3,(H,21,22,24);1H. The fourth-order valence-electron chi connectivity index (χ4n) is 3.56. The summed E-state index contributed by atoms with van der Waals surface area (Å²) in [6.07, 6.45) is 1.02. The van der Waals surface area contributed by atoms with Gasteiger partial charge in [-0.25, -0.2) is 4.98 Å². The minimum atomic E-state index is -0.162. The highest BCUT2D eigenvalue weighted by molar-refractivity contribution is 5.85. The lowest BCUT2D eigenvalue weighted by molar-refractivity contribution is -0.129. The van der Waals surface area contributed by atoms with Crippen molar-refractivity contribution in [2.45, 2.75) is 25.7 Å². The van der Waals surface area contributed by atoms with E-state index in [9.17, 15) is 9.59 Å². The lowest BCUT2D eigenvalue weighted by atomic mass is 10.0. The molecule has 2 heterocycles. The van der Waals surface area contributed by atoms with E-state index in [0.29, 0.717) is 36.2 Å². The molecule has 9 heteroatoms. The largest absolute Gasteiger partial charge is 0.493 e. The Bertz CT molecular complexity index is 906. The Morgan fingerprint density at radius 1 is 1.17 bits per heavy atom. The molecule has 0 aliphatic carbocycles. The van der Waals surface area contributed by atoms with E-state index in [0.717, 1.165) is 17.7 Å². The summed E-state index contributed by atoms with van der Waals surface area (Å²) in [5.41, 5.74) is 1.36. The van der Waals surface area contributed by atoms with Crippen molar-refractivity contribution >= 4 is 18.3 Å². The second-order valence-corrected chi connectivity index (χ2v) is 6.79. The molecule has 1 atom stereocenters. The van der Waals surface area contributed by atoms with Gasteiger partial charge in [-0.3, -0.25) is 9.59 Å². The summed E-state index contributed by atoms with van der Waals surface area (Å²) in [5.74, 6) is 2.21. The number of likely N-dealkylation sites (tertiary alicyclic amines) is 1. The molecule has 0 spiro atoms. The van der Waals surface area contributed by atoms with Gasteiger partial charge in [-0.05, 0) is 31.0 Å². The van der Waals surface area contributed by atoms with Gasteiger partial charge in [0.1, 0.15) is 5.82 Å². The van der Waals surface area contributed by atoms with Gasteiger partial charge in [0.25, 0.3) is 5.56 Å². The van der Waals surface area contributed by atoms with E-state index in [1.165, 1.54) is 6.07 Å². The Morgan fingerprint density at radius 3 is 2.38 bits per heavy atom. The quantitative estimate of drug-likeness (QED) is 0.764. The fourth-order valence-corrected chi connectivity index (χ4v) is 3.56. The summed E-state index contributed by atoms with van der Waals surface area (Å²) < 4.78 is 16.0. The summed E-state index contributed by atoms with van der Waals surface area (Å²) in [6.45, 7) is 2.95. The first-order chi connectivity index (χ1) is 13.4. The van der Waals surface area contributed by atoms with Crippen LogP contribution in [0, 0.1) is 6.92 Å². The maximum absolute atomic E-state index is 12.8. The van der Waals surface area contributed by atoms with Crippen LogP contribution in [-0.2, 0) is 11.2 Å². The molecule has 0 saturated carbocycles. The van der Waals surface area contributed by atoms with Gasteiger partial charge < -0.3 is 24.1 Å². The predicted octanol–water partition coefficient (Wildman–Crippen LogP) is 2.08. The number of aryl methyl sites for hydroxylation is 1. The zero-order chi connectivity index (χ0) is 20.3. The molecule has 3 rings (SSSR count). The second kappa shape index (κ2) is 9.65. The Labute approximate surface area is 175 Å². The number of H-pyrrole nitrogens is 1. The number of rotatable bonds is 6. The van der Waals surface area contributed by atoms with Crippen LogP contribution in [0.1, 0.15) is 29.4 Å². The molecule has 8 nitrogen and oxygen atoms in total. The Morgan fingerprint density at radius 2 is 1.83 bits per heavy atom. The van der Waals surface area contributed by atoms with Gasteiger partial charge in [0.2, 0.25) is 11.7 Å². The predicted molar refractivity (Wildman–Crippen MR) is 111 cm³/mol. The van der Waals surface area contributed by atoms with Gasteiger partial charge in [0.05, 0.1) is 33.4 Å².